The molecule has 0 aliphatic rings. The van der Waals surface area contributed by atoms with E-state index in [0.29, 0.717) is 10.8 Å². The Morgan fingerprint density at radius 3 is 2.97 bits per heavy atom. The average Bonchev–Trinajstić information content (AvgIpc) is 3.26. The van der Waals surface area contributed by atoms with E-state index in [-0.39, 0.29) is 6.61 Å². The summed E-state index contributed by atoms with van der Waals surface area (Å²) in [7, 11) is 0. The molecule has 0 aliphatic heterocycles. The minimum absolute atomic E-state index is 0.224. The number of halogens is 1. The van der Waals surface area contributed by atoms with Crippen molar-refractivity contribution in [2.24, 2.45) is 0 Å². The fourth-order valence-corrected chi connectivity index (χ4v) is 3.33. The van der Waals surface area contributed by atoms with E-state index in [4.69, 9.17) is 26.6 Å². The normalized spacial score (nSPS) is 11.1. The van der Waals surface area contributed by atoms with Gasteiger partial charge in [-0.3, -0.25) is 4.98 Å². The van der Waals surface area contributed by atoms with Crippen LogP contribution in [0.15, 0.2) is 61.5 Å². The number of fused-ring (bicyclic) bond motifs is 1. The van der Waals surface area contributed by atoms with Gasteiger partial charge in [0.25, 0.3) is 0 Å². The van der Waals surface area contributed by atoms with Gasteiger partial charge in [-0.05, 0) is 25.1 Å². The molecule has 0 atom stereocenters. The number of pyridine rings is 2. The standard InChI is InChI=1S/C22H16ClN5O/c1-15-10-20(28-9-8-25-14-28)17-5-2-6-21(22(17)27-15)29-13-18-16(4-3-7-24)11-26-12-19(18)23/h2-6,8-12,14H,13H2,1H3. The Kier molecular flexibility index (Phi) is 5.23. The van der Waals surface area contributed by atoms with Crippen LogP contribution in [-0.4, -0.2) is 19.5 Å². The van der Waals surface area contributed by atoms with E-state index in [1.165, 1.54) is 6.08 Å². The first kappa shape index (κ1) is 18.7. The van der Waals surface area contributed by atoms with Crippen LogP contribution in [0.2, 0.25) is 5.02 Å². The highest BCUT2D eigenvalue weighted by Crippen LogP contribution is 2.30. The summed E-state index contributed by atoms with van der Waals surface area (Å²) in [5, 5.41) is 10.2. The van der Waals surface area contributed by atoms with Crippen LogP contribution in [0, 0.1) is 18.3 Å². The van der Waals surface area contributed by atoms with Crippen molar-refractivity contribution in [1.29, 1.82) is 5.26 Å². The molecule has 3 heterocycles. The molecule has 4 rings (SSSR count). The highest BCUT2D eigenvalue weighted by atomic mass is 35.5. The van der Waals surface area contributed by atoms with Crippen LogP contribution < -0.4 is 4.74 Å². The maximum atomic E-state index is 8.81. The number of hydrogen-bond donors (Lipinski definition) is 0. The van der Waals surface area contributed by atoms with Gasteiger partial charge in [0, 0.05) is 53.1 Å². The van der Waals surface area contributed by atoms with E-state index in [1.54, 1.807) is 31.0 Å². The lowest BCUT2D eigenvalue weighted by atomic mass is 10.1. The molecule has 1 aromatic carbocycles. The molecule has 0 saturated carbocycles. The highest BCUT2D eigenvalue weighted by Gasteiger charge is 2.12. The zero-order valence-corrected chi connectivity index (χ0v) is 16.3. The summed E-state index contributed by atoms with van der Waals surface area (Å²) in [4.78, 5) is 12.9. The molecule has 4 aromatic rings. The lowest BCUT2D eigenvalue weighted by molar-refractivity contribution is 0.309. The van der Waals surface area contributed by atoms with Crippen LogP contribution in [0.3, 0.4) is 0 Å². The van der Waals surface area contributed by atoms with Gasteiger partial charge in [-0.15, -0.1) is 0 Å². The second kappa shape index (κ2) is 8.13. The van der Waals surface area contributed by atoms with Gasteiger partial charge in [0.1, 0.15) is 17.9 Å². The molecule has 0 N–H and O–H groups in total. The molecule has 0 spiro atoms. The first-order chi connectivity index (χ1) is 14.2. The predicted molar refractivity (Wildman–Crippen MR) is 112 cm³/mol. The van der Waals surface area contributed by atoms with Crippen molar-refractivity contribution in [2.75, 3.05) is 0 Å². The zero-order chi connectivity index (χ0) is 20.2. The maximum absolute atomic E-state index is 8.81. The first-order valence-corrected chi connectivity index (χ1v) is 9.25. The van der Waals surface area contributed by atoms with Crippen LogP contribution >= 0.6 is 11.6 Å². The Bertz CT molecular complexity index is 1240. The zero-order valence-electron chi connectivity index (χ0n) is 15.6. The van der Waals surface area contributed by atoms with E-state index in [1.807, 2.05) is 48.0 Å². The van der Waals surface area contributed by atoms with Gasteiger partial charge in [0.05, 0.1) is 23.1 Å². The van der Waals surface area contributed by atoms with Crippen molar-refractivity contribution in [3.05, 3.63) is 83.3 Å². The van der Waals surface area contributed by atoms with E-state index in [2.05, 4.69) is 9.97 Å². The number of nitriles is 1. The van der Waals surface area contributed by atoms with E-state index < -0.39 is 0 Å². The average molecular weight is 402 g/mol. The number of nitrogens with zero attached hydrogens (tertiary/aromatic N) is 5. The van der Waals surface area contributed by atoms with E-state index in [9.17, 15) is 0 Å². The largest absolute Gasteiger partial charge is 0.487 e. The number of aromatic nitrogens is 4. The number of imidazole rings is 1. The molecule has 142 valence electrons. The Labute approximate surface area is 172 Å². The lowest BCUT2D eigenvalue weighted by Gasteiger charge is -2.14. The summed E-state index contributed by atoms with van der Waals surface area (Å²) in [6, 6.07) is 9.81. The second-order valence-corrected chi connectivity index (χ2v) is 6.75. The number of ether oxygens (including phenoxy) is 1. The summed E-state index contributed by atoms with van der Waals surface area (Å²) in [6.07, 6.45) is 11.7. The molecule has 0 fully saturated rings. The molecule has 0 amide bonds. The van der Waals surface area contributed by atoms with Crippen molar-refractivity contribution >= 4 is 28.6 Å². The summed E-state index contributed by atoms with van der Waals surface area (Å²) >= 11 is 6.33. The first-order valence-electron chi connectivity index (χ1n) is 8.87. The van der Waals surface area contributed by atoms with Gasteiger partial charge in [0.2, 0.25) is 0 Å². The fraction of sp³-hybridized carbons (Fsp3) is 0.0909. The van der Waals surface area contributed by atoms with Crippen molar-refractivity contribution in [3.63, 3.8) is 0 Å². The molecule has 0 radical (unpaired) electrons. The van der Waals surface area contributed by atoms with Gasteiger partial charge in [-0.1, -0.05) is 23.7 Å². The fourth-order valence-electron chi connectivity index (χ4n) is 3.11. The minimum atomic E-state index is 0.224. The molecule has 0 bridgehead atoms. The summed E-state index contributed by atoms with van der Waals surface area (Å²) in [5.41, 5.74) is 4.11. The number of para-hydroxylation sites is 1. The molecule has 7 heteroatoms. The Morgan fingerprint density at radius 1 is 1.28 bits per heavy atom. The van der Waals surface area contributed by atoms with Gasteiger partial charge in [0.15, 0.2) is 0 Å². The van der Waals surface area contributed by atoms with Crippen LogP contribution in [0.5, 0.6) is 5.75 Å². The van der Waals surface area contributed by atoms with Crippen LogP contribution in [0.25, 0.3) is 22.7 Å². The van der Waals surface area contributed by atoms with Crippen LogP contribution in [0.4, 0.5) is 0 Å². The topological polar surface area (TPSA) is 76.6 Å². The molecule has 6 nitrogen and oxygen atoms in total. The molecular formula is C22H16ClN5O. The van der Waals surface area contributed by atoms with Gasteiger partial charge >= 0.3 is 0 Å². The quantitative estimate of drug-likeness (QED) is 0.445. The molecule has 0 aliphatic carbocycles. The number of allylic oxidation sites excluding steroid dienone is 1. The number of hydrogen-bond acceptors (Lipinski definition) is 5. The number of benzene rings is 1. The minimum Gasteiger partial charge on any atom is -0.487 e. The van der Waals surface area contributed by atoms with Crippen LogP contribution in [0.1, 0.15) is 16.8 Å². The molecule has 3 aromatic heterocycles. The van der Waals surface area contributed by atoms with E-state index in [0.717, 1.165) is 33.4 Å². The lowest BCUT2D eigenvalue weighted by Crippen LogP contribution is -2.02. The summed E-state index contributed by atoms with van der Waals surface area (Å²) in [6.45, 7) is 2.17. The Balaban J connectivity index is 1.74. The van der Waals surface area contributed by atoms with Gasteiger partial charge in [-0.2, -0.15) is 5.26 Å². The van der Waals surface area contributed by atoms with Crippen molar-refractivity contribution in [1.82, 2.24) is 19.5 Å². The Hall–Kier alpha value is -3.69. The third-order valence-electron chi connectivity index (χ3n) is 4.44. The number of rotatable bonds is 5. The van der Waals surface area contributed by atoms with E-state index >= 15 is 0 Å². The predicted octanol–water partition coefficient (Wildman–Crippen LogP) is 4.89. The third kappa shape index (κ3) is 3.82. The summed E-state index contributed by atoms with van der Waals surface area (Å²) in [5.74, 6) is 0.649. The molecular weight excluding hydrogens is 386 g/mol. The van der Waals surface area contributed by atoms with Crippen LogP contribution in [-0.2, 0) is 6.61 Å². The second-order valence-electron chi connectivity index (χ2n) is 6.35. The maximum Gasteiger partial charge on any atom is 0.146 e. The molecule has 0 saturated heterocycles. The molecule has 29 heavy (non-hydrogen) atoms. The monoisotopic (exact) mass is 401 g/mol. The van der Waals surface area contributed by atoms with Crippen molar-refractivity contribution in [2.45, 2.75) is 13.5 Å². The van der Waals surface area contributed by atoms with Gasteiger partial charge < -0.3 is 9.30 Å². The number of aryl methyl sites for hydroxylation is 1. The third-order valence-corrected chi connectivity index (χ3v) is 4.76. The Morgan fingerprint density at radius 2 is 2.17 bits per heavy atom. The SMILES string of the molecule is Cc1cc(-n2ccnc2)c2cccc(OCc3c(Cl)cncc3C=CC#N)c2n1. The smallest absolute Gasteiger partial charge is 0.146 e. The molecule has 0 unspecified atom stereocenters. The van der Waals surface area contributed by atoms with Gasteiger partial charge in [-0.25, -0.2) is 9.97 Å². The van der Waals surface area contributed by atoms with Crippen molar-refractivity contribution in [3.8, 4) is 17.5 Å². The highest BCUT2D eigenvalue weighted by molar-refractivity contribution is 6.31. The van der Waals surface area contributed by atoms with Crippen molar-refractivity contribution < 1.29 is 4.74 Å². The summed E-state index contributed by atoms with van der Waals surface area (Å²) < 4.78 is 8.07.